The second-order valence-corrected chi connectivity index (χ2v) is 6.62. The topological polar surface area (TPSA) is 96.4 Å². The van der Waals surface area contributed by atoms with Crippen LogP contribution >= 0.6 is 22.9 Å². The molecular formula is C10H7ClN2O4S2. The highest BCUT2D eigenvalue weighted by atomic mass is 35.5. The van der Waals surface area contributed by atoms with Gasteiger partial charge in [0.2, 0.25) is 0 Å². The lowest BCUT2D eigenvalue weighted by atomic mass is 10.4. The minimum atomic E-state index is -3.86. The highest BCUT2D eigenvalue weighted by molar-refractivity contribution is 7.94. The van der Waals surface area contributed by atoms with Gasteiger partial charge in [-0.25, -0.2) is 18.2 Å². The van der Waals surface area contributed by atoms with Crippen molar-refractivity contribution in [2.75, 3.05) is 4.72 Å². The summed E-state index contributed by atoms with van der Waals surface area (Å²) in [4.78, 5) is 14.5. The van der Waals surface area contributed by atoms with Crippen LogP contribution in [-0.4, -0.2) is 24.5 Å². The first-order valence-corrected chi connectivity index (χ1v) is 7.60. The Hall–Kier alpha value is -1.64. The summed E-state index contributed by atoms with van der Waals surface area (Å²) in [5.41, 5.74) is -0.0792. The smallest absolute Gasteiger partial charge is 0.336 e. The van der Waals surface area contributed by atoms with Gasteiger partial charge in [-0.05, 0) is 18.2 Å². The van der Waals surface area contributed by atoms with Gasteiger partial charge in [0.25, 0.3) is 10.0 Å². The van der Waals surface area contributed by atoms with Crippen molar-refractivity contribution in [2.24, 2.45) is 0 Å². The van der Waals surface area contributed by atoms with Crippen LogP contribution in [0.1, 0.15) is 10.4 Å². The molecule has 0 fully saturated rings. The molecule has 2 N–H and O–H groups in total. The van der Waals surface area contributed by atoms with Crippen molar-refractivity contribution >= 4 is 44.7 Å². The van der Waals surface area contributed by atoms with Crippen molar-refractivity contribution in [2.45, 2.75) is 4.21 Å². The number of nitrogens with one attached hydrogen (secondary N) is 1. The molecule has 0 aliphatic carbocycles. The summed E-state index contributed by atoms with van der Waals surface area (Å²) in [6.45, 7) is 0. The van der Waals surface area contributed by atoms with Crippen molar-refractivity contribution in [3.8, 4) is 0 Å². The Labute approximate surface area is 117 Å². The molecule has 0 radical (unpaired) electrons. The molecule has 2 aromatic rings. The van der Waals surface area contributed by atoms with E-state index in [0.29, 0.717) is 0 Å². The Kier molecular flexibility index (Phi) is 3.74. The third-order valence-electron chi connectivity index (χ3n) is 2.04. The van der Waals surface area contributed by atoms with Gasteiger partial charge < -0.3 is 5.11 Å². The van der Waals surface area contributed by atoms with E-state index in [1.54, 1.807) is 6.07 Å². The van der Waals surface area contributed by atoms with E-state index in [-0.39, 0.29) is 20.7 Å². The third-order valence-corrected chi connectivity index (χ3v) is 5.05. The number of aromatic nitrogens is 1. The van der Waals surface area contributed by atoms with Crippen LogP contribution in [0.25, 0.3) is 0 Å². The number of sulfonamides is 1. The van der Waals surface area contributed by atoms with Crippen molar-refractivity contribution in [3.05, 3.63) is 40.4 Å². The molecular weight excluding hydrogens is 312 g/mol. The fourth-order valence-electron chi connectivity index (χ4n) is 1.22. The lowest BCUT2D eigenvalue weighted by Gasteiger charge is -2.04. The number of hydrogen-bond donors (Lipinski definition) is 2. The lowest BCUT2D eigenvalue weighted by molar-refractivity contribution is 0.0697. The van der Waals surface area contributed by atoms with Gasteiger partial charge in [-0.1, -0.05) is 17.7 Å². The van der Waals surface area contributed by atoms with E-state index in [2.05, 4.69) is 9.71 Å². The molecule has 19 heavy (non-hydrogen) atoms. The number of anilines is 1. The zero-order valence-electron chi connectivity index (χ0n) is 9.20. The molecule has 0 aromatic carbocycles. The number of carboxylic acids is 1. The van der Waals surface area contributed by atoms with Crippen LogP contribution in [0.5, 0.6) is 0 Å². The highest BCUT2D eigenvalue weighted by Crippen LogP contribution is 2.23. The maximum absolute atomic E-state index is 12.0. The third kappa shape index (κ3) is 3.22. The van der Waals surface area contributed by atoms with Crippen LogP contribution in [-0.2, 0) is 10.0 Å². The number of rotatable bonds is 4. The number of pyridine rings is 1. The SMILES string of the molecule is O=C(O)c1csc(S(=O)(=O)Nc2cccc(Cl)n2)c1. The summed E-state index contributed by atoms with van der Waals surface area (Å²) in [5.74, 6) is -1.11. The van der Waals surface area contributed by atoms with Crippen LogP contribution in [0.3, 0.4) is 0 Å². The molecule has 0 saturated heterocycles. The molecule has 2 aromatic heterocycles. The average Bonchev–Trinajstić information content (AvgIpc) is 2.78. The monoisotopic (exact) mass is 318 g/mol. The van der Waals surface area contributed by atoms with Gasteiger partial charge in [0.05, 0.1) is 5.56 Å². The Morgan fingerprint density at radius 2 is 2.16 bits per heavy atom. The zero-order chi connectivity index (χ0) is 14.0. The molecule has 0 unspecified atom stereocenters. The van der Waals surface area contributed by atoms with Crippen LogP contribution in [0.2, 0.25) is 5.15 Å². The quantitative estimate of drug-likeness (QED) is 0.843. The number of hydrogen-bond acceptors (Lipinski definition) is 5. The van der Waals surface area contributed by atoms with Crippen LogP contribution in [0, 0.1) is 0 Å². The van der Waals surface area contributed by atoms with E-state index >= 15 is 0 Å². The molecule has 0 atom stereocenters. The number of aromatic carboxylic acids is 1. The fraction of sp³-hybridized carbons (Fsp3) is 0. The molecule has 100 valence electrons. The predicted octanol–water partition coefficient (Wildman–Crippen LogP) is 2.30. The first kappa shape index (κ1) is 13.8. The molecule has 0 spiro atoms. The number of carbonyl (C=O) groups is 1. The van der Waals surface area contributed by atoms with Crippen molar-refractivity contribution in [1.82, 2.24) is 4.98 Å². The number of nitrogens with zero attached hydrogens (tertiary/aromatic N) is 1. The van der Waals surface area contributed by atoms with E-state index < -0.39 is 16.0 Å². The number of carboxylic acid groups (broad SMARTS) is 1. The first-order valence-electron chi connectivity index (χ1n) is 4.86. The minimum absolute atomic E-state index is 0.0674. The molecule has 0 bridgehead atoms. The molecule has 2 heterocycles. The van der Waals surface area contributed by atoms with E-state index in [1.165, 1.54) is 17.5 Å². The summed E-state index contributed by atoms with van der Waals surface area (Å²) < 4.78 is 26.1. The molecule has 0 amide bonds. The second-order valence-electron chi connectivity index (χ2n) is 3.41. The van der Waals surface area contributed by atoms with Gasteiger partial charge in [0.15, 0.2) is 0 Å². The molecule has 6 nitrogen and oxygen atoms in total. The van der Waals surface area contributed by atoms with Gasteiger partial charge >= 0.3 is 5.97 Å². The average molecular weight is 319 g/mol. The standard InChI is InChI=1S/C10H7ClN2O4S2/c11-7-2-1-3-8(12-7)13-19(16,17)9-4-6(5-18-9)10(14)15/h1-5H,(H,12,13)(H,14,15). The summed E-state index contributed by atoms with van der Waals surface area (Å²) in [7, 11) is -3.86. The van der Waals surface area contributed by atoms with Crippen molar-refractivity contribution < 1.29 is 18.3 Å². The normalized spacial score (nSPS) is 11.2. The number of halogens is 1. The van der Waals surface area contributed by atoms with Crippen molar-refractivity contribution in [3.63, 3.8) is 0 Å². The van der Waals surface area contributed by atoms with E-state index in [9.17, 15) is 13.2 Å². The summed E-state index contributed by atoms with van der Waals surface area (Å²) in [6, 6.07) is 5.58. The largest absolute Gasteiger partial charge is 0.478 e. The van der Waals surface area contributed by atoms with E-state index in [4.69, 9.17) is 16.7 Å². The summed E-state index contributed by atoms with van der Waals surface area (Å²) in [6.07, 6.45) is 0. The Bertz CT molecular complexity index is 727. The summed E-state index contributed by atoms with van der Waals surface area (Å²) in [5, 5.41) is 10.2. The second kappa shape index (κ2) is 5.16. The zero-order valence-corrected chi connectivity index (χ0v) is 11.6. The number of thiophene rings is 1. The van der Waals surface area contributed by atoms with Crippen LogP contribution in [0.4, 0.5) is 5.82 Å². The van der Waals surface area contributed by atoms with Gasteiger partial charge in [-0.3, -0.25) is 4.72 Å². The van der Waals surface area contributed by atoms with Gasteiger partial charge in [0, 0.05) is 5.38 Å². The minimum Gasteiger partial charge on any atom is -0.478 e. The fourth-order valence-corrected chi connectivity index (χ4v) is 3.54. The van der Waals surface area contributed by atoms with Gasteiger partial charge in [-0.2, -0.15) is 0 Å². The van der Waals surface area contributed by atoms with E-state index in [1.807, 2.05) is 0 Å². The van der Waals surface area contributed by atoms with Crippen LogP contribution < -0.4 is 4.72 Å². The van der Waals surface area contributed by atoms with E-state index in [0.717, 1.165) is 17.4 Å². The molecule has 9 heteroatoms. The lowest BCUT2D eigenvalue weighted by Crippen LogP contribution is -2.12. The Morgan fingerprint density at radius 1 is 1.42 bits per heavy atom. The maximum atomic E-state index is 12.0. The first-order chi connectivity index (χ1) is 8.88. The predicted molar refractivity (Wildman–Crippen MR) is 71.3 cm³/mol. The molecule has 0 aliphatic rings. The highest BCUT2D eigenvalue weighted by Gasteiger charge is 2.19. The molecule has 2 rings (SSSR count). The van der Waals surface area contributed by atoms with Gasteiger partial charge in [-0.15, -0.1) is 11.3 Å². The molecule has 0 aliphatic heterocycles. The maximum Gasteiger partial charge on any atom is 0.336 e. The van der Waals surface area contributed by atoms with Crippen LogP contribution in [0.15, 0.2) is 33.9 Å². The van der Waals surface area contributed by atoms with Crippen molar-refractivity contribution in [1.29, 1.82) is 0 Å². The Morgan fingerprint density at radius 3 is 2.74 bits per heavy atom. The van der Waals surface area contributed by atoms with Gasteiger partial charge in [0.1, 0.15) is 15.2 Å². The summed E-state index contributed by atoms with van der Waals surface area (Å²) >= 11 is 6.46. The Balaban J connectivity index is 2.29. The molecule has 0 saturated carbocycles.